The lowest BCUT2D eigenvalue weighted by Gasteiger charge is -2.19. The number of amides is 2. The van der Waals surface area contributed by atoms with Crippen molar-refractivity contribution in [3.8, 4) is 0 Å². The fraction of sp³-hybridized carbons (Fsp3) is 0.375. The van der Waals surface area contributed by atoms with E-state index in [2.05, 4.69) is 5.43 Å². The molecule has 0 fully saturated rings. The molecular weight excluding hydrogens is 188 g/mol. The van der Waals surface area contributed by atoms with Crippen LogP contribution in [0.25, 0.3) is 0 Å². The standard InChI is InChI=1S/C8H10N2O4/c1-2-5(8(13)14)9-10-6(11)3-4-7(10)12/h3-5,9H,2H2,1H3,(H,13,14). The first-order chi connectivity index (χ1) is 6.56. The number of nitrogens with one attached hydrogen (secondary N) is 1. The van der Waals surface area contributed by atoms with Crippen molar-refractivity contribution in [3.63, 3.8) is 0 Å². The number of carbonyl (C=O) groups excluding carboxylic acids is 2. The number of aliphatic carboxylic acids is 1. The summed E-state index contributed by atoms with van der Waals surface area (Å²) in [5, 5.41) is 9.37. The minimum Gasteiger partial charge on any atom is -0.480 e. The van der Waals surface area contributed by atoms with Crippen LogP contribution in [0.2, 0.25) is 0 Å². The zero-order chi connectivity index (χ0) is 10.7. The maximum absolute atomic E-state index is 11.0. The Balaban J connectivity index is 2.64. The molecule has 1 aliphatic heterocycles. The number of hydrazine groups is 1. The van der Waals surface area contributed by atoms with Gasteiger partial charge in [0.15, 0.2) is 0 Å². The fourth-order valence-electron chi connectivity index (χ4n) is 1.00. The van der Waals surface area contributed by atoms with Gasteiger partial charge in [0.25, 0.3) is 11.8 Å². The van der Waals surface area contributed by atoms with Crippen molar-refractivity contribution in [2.45, 2.75) is 19.4 Å². The first-order valence-corrected chi connectivity index (χ1v) is 4.11. The number of carbonyl (C=O) groups is 3. The molecule has 0 aromatic rings. The lowest BCUT2D eigenvalue weighted by atomic mass is 10.2. The monoisotopic (exact) mass is 198 g/mol. The van der Waals surface area contributed by atoms with Gasteiger partial charge in [-0.15, -0.1) is 0 Å². The summed E-state index contributed by atoms with van der Waals surface area (Å²) in [6.07, 6.45) is 2.46. The van der Waals surface area contributed by atoms with Gasteiger partial charge >= 0.3 is 5.97 Å². The van der Waals surface area contributed by atoms with Crippen molar-refractivity contribution in [1.82, 2.24) is 10.4 Å². The van der Waals surface area contributed by atoms with Crippen LogP contribution < -0.4 is 5.43 Å². The summed E-state index contributed by atoms with van der Waals surface area (Å²) in [4.78, 5) is 32.6. The van der Waals surface area contributed by atoms with Gasteiger partial charge < -0.3 is 5.11 Å². The smallest absolute Gasteiger partial charge is 0.322 e. The van der Waals surface area contributed by atoms with E-state index < -0.39 is 23.8 Å². The molecule has 0 spiro atoms. The molecule has 1 aliphatic rings. The average Bonchev–Trinajstić information content (AvgIpc) is 2.43. The Labute approximate surface area is 80.2 Å². The second-order valence-electron chi connectivity index (χ2n) is 2.77. The normalized spacial score (nSPS) is 17.6. The maximum atomic E-state index is 11.0. The van der Waals surface area contributed by atoms with E-state index in [0.717, 1.165) is 12.2 Å². The van der Waals surface area contributed by atoms with E-state index in [1.165, 1.54) is 0 Å². The van der Waals surface area contributed by atoms with Crippen molar-refractivity contribution in [2.75, 3.05) is 0 Å². The Morgan fingerprint density at radius 3 is 2.36 bits per heavy atom. The molecule has 0 aromatic heterocycles. The van der Waals surface area contributed by atoms with E-state index in [1.807, 2.05) is 0 Å². The van der Waals surface area contributed by atoms with Crippen LogP contribution in [0.15, 0.2) is 12.2 Å². The quantitative estimate of drug-likeness (QED) is 0.582. The van der Waals surface area contributed by atoms with Crippen molar-refractivity contribution in [1.29, 1.82) is 0 Å². The van der Waals surface area contributed by atoms with Gasteiger partial charge in [-0.05, 0) is 6.42 Å². The molecule has 0 aromatic carbocycles. The molecule has 1 rings (SSSR count). The Morgan fingerprint density at radius 1 is 1.50 bits per heavy atom. The molecule has 0 aliphatic carbocycles. The fourth-order valence-corrected chi connectivity index (χ4v) is 1.00. The van der Waals surface area contributed by atoms with Crippen molar-refractivity contribution < 1.29 is 19.5 Å². The number of hydrogen-bond acceptors (Lipinski definition) is 4. The molecule has 0 radical (unpaired) electrons. The van der Waals surface area contributed by atoms with Gasteiger partial charge in [-0.2, -0.15) is 0 Å². The van der Waals surface area contributed by atoms with Gasteiger partial charge in [0.2, 0.25) is 0 Å². The van der Waals surface area contributed by atoms with Crippen molar-refractivity contribution >= 4 is 17.8 Å². The molecule has 1 atom stereocenters. The zero-order valence-electron chi connectivity index (χ0n) is 7.56. The molecule has 1 unspecified atom stereocenters. The Bertz CT molecular complexity index is 292. The highest BCUT2D eigenvalue weighted by Gasteiger charge is 2.27. The highest BCUT2D eigenvalue weighted by atomic mass is 16.4. The SMILES string of the molecule is CCC(NN1C(=O)C=CC1=O)C(=O)O. The zero-order valence-corrected chi connectivity index (χ0v) is 7.56. The molecule has 6 heteroatoms. The molecule has 2 N–H and O–H groups in total. The van der Waals surface area contributed by atoms with Gasteiger partial charge in [-0.25, -0.2) is 10.4 Å². The Hall–Kier alpha value is -1.69. The highest BCUT2D eigenvalue weighted by Crippen LogP contribution is 2.02. The topological polar surface area (TPSA) is 86.7 Å². The molecule has 6 nitrogen and oxygen atoms in total. The maximum Gasteiger partial charge on any atom is 0.322 e. The number of carboxylic acids is 1. The molecule has 1 heterocycles. The van der Waals surface area contributed by atoms with Crippen LogP contribution in [-0.2, 0) is 14.4 Å². The summed E-state index contributed by atoms with van der Waals surface area (Å²) >= 11 is 0. The van der Waals surface area contributed by atoms with Crippen LogP contribution in [0, 0.1) is 0 Å². The lowest BCUT2D eigenvalue weighted by molar-refractivity contribution is -0.146. The molecule has 76 valence electrons. The molecule has 0 saturated carbocycles. The van der Waals surface area contributed by atoms with E-state index in [9.17, 15) is 14.4 Å². The van der Waals surface area contributed by atoms with Crippen LogP contribution in [0.4, 0.5) is 0 Å². The highest BCUT2D eigenvalue weighted by molar-refractivity contribution is 6.12. The second kappa shape index (κ2) is 4.01. The third kappa shape index (κ3) is 1.97. The summed E-state index contributed by atoms with van der Waals surface area (Å²) in [6.45, 7) is 1.64. The third-order valence-electron chi connectivity index (χ3n) is 1.80. The van der Waals surface area contributed by atoms with Gasteiger partial charge in [-0.3, -0.25) is 14.4 Å². The van der Waals surface area contributed by atoms with Crippen LogP contribution in [0.1, 0.15) is 13.3 Å². The summed E-state index contributed by atoms with van der Waals surface area (Å²) in [5.41, 5.74) is 2.34. The van der Waals surface area contributed by atoms with E-state index in [1.54, 1.807) is 6.92 Å². The Morgan fingerprint density at radius 2 is 2.00 bits per heavy atom. The number of hydrogen-bond donors (Lipinski definition) is 2. The van der Waals surface area contributed by atoms with Gasteiger partial charge in [0, 0.05) is 12.2 Å². The van der Waals surface area contributed by atoms with E-state index in [-0.39, 0.29) is 6.42 Å². The van der Waals surface area contributed by atoms with Gasteiger partial charge in [0.05, 0.1) is 0 Å². The lowest BCUT2D eigenvalue weighted by Crippen LogP contribution is -2.50. The molecule has 0 saturated heterocycles. The predicted octanol–water partition coefficient (Wildman–Crippen LogP) is -0.721. The van der Waals surface area contributed by atoms with E-state index >= 15 is 0 Å². The van der Waals surface area contributed by atoms with Gasteiger partial charge in [0.1, 0.15) is 6.04 Å². The molecule has 2 amide bonds. The molecule has 0 bridgehead atoms. The molecule has 14 heavy (non-hydrogen) atoms. The number of carboxylic acid groups (broad SMARTS) is 1. The van der Waals surface area contributed by atoms with Crippen LogP contribution in [-0.4, -0.2) is 33.9 Å². The van der Waals surface area contributed by atoms with Crippen molar-refractivity contribution in [3.05, 3.63) is 12.2 Å². The summed E-state index contributed by atoms with van der Waals surface area (Å²) in [6, 6.07) is -0.928. The predicted molar refractivity (Wildman–Crippen MR) is 45.8 cm³/mol. The largest absolute Gasteiger partial charge is 0.480 e. The number of rotatable bonds is 4. The summed E-state index contributed by atoms with van der Waals surface area (Å²) in [5.74, 6) is -2.19. The summed E-state index contributed by atoms with van der Waals surface area (Å²) < 4.78 is 0. The second-order valence-corrected chi connectivity index (χ2v) is 2.77. The van der Waals surface area contributed by atoms with Gasteiger partial charge in [-0.1, -0.05) is 6.92 Å². The molecular formula is C8H10N2O4. The van der Waals surface area contributed by atoms with E-state index in [4.69, 9.17) is 5.11 Å². The van der Waals surface area contributed by atoms with E-state index in [0.29, 0.717) is 5.01 Å². The minimum absolute atomic E-state index is 0.284. The first kappa shape index (κ1) is 10.4. The first-order valence-electron chi connectivity index (χ1n) is 4.11. The third-order valence-corrected chi connectivity index (χ3v) is 1.80. The van der Waals surface area contributed by atoms with Crippen molar-refractivity contribution in [2.24, 2.45) is 0 Å². The number of imide groups is 1. The van der Waals surface area contributed by atoms with Crippen LogP contribution in [0.3, 0.4) is 0 Å². The average molecular weight is 198 g/mol. The van der Waals surface area contributed by atoms with Crippen LogP contribution >= 0.6 is 0 Å². The number of nitrogens with zero attached hydrogens (tertiary/aromatic N) is 1. The Kier molecular flexibility index (Phi) is 2.98. The summed E-state index contributed by atoms with van der Waals surface area (Å²) in [7, 11) is 0. The van der Waals surface area contributed by atoms with Crippen LogP contribution in [0.5, 0.6) is 0 Å². The minimum atomic E-state index is -1.10.